The molecule has 2 aromatic carbocycles. The summed E-state index contributed by atoms with van der Waals surface area (Å²) in [5, 5.41) is 13.1. The highest BCUT2D eigenvalue weighted by molar-refractivity contribution is 7.89. The normalized spacial score (nSPS) is 29.7. The maximum atomic E-state index is 14.0. The van der Waals surface area contributed by atoms with E-state index in [9.17, 15) is 18.3 Å². The van der Waals surface area contributed by atoms with Crippen LogP contribution in [0.5, 0.6) is 11.5 Å². The topological polar surface area (TPSA) is 110 Å². The Kier molecular flexibility index (Phi) is 6.29. The van der Waals surface area contributed by atoms with Gasteiger partial charge < -0.3 is 23.9 Å². The molecule has 1 aromatic heterocycles. The number of likely N-dealkylation sites (N-methyl/N-ethyl adjacent to an activating group) is 1. The summed E-state index contributed by atoms with van der Waals surface area (Å²) in [6.45, 7) is 0.183. The Morgan fingerprint density at radius 2 is 2.07 bits per heavy atom. The second-order valence-corrected chi connectivity index (χ2v) is 13.9. The van der Waals surface area contributed by atoms with Crippen molar-refractivity contribution in [2.24, 2.45) is 0 Å². The zero-order valence-electron chi connectivity index (χ0n) is 23.2. The van der Waals surface area contributed by atoms with Crippen molar-refractivity contribution in [3.05, 3.63) is 82.8 Å². The quantitative estimate of drug-likeness (QED) is 0.420. The van der Waals surface area contributed by atoms with Gasteiger partial charge in [-0.3, -0.25) is 4.79 Å². The first-order chi connectivity index (χ1) is 20.1. The zero-order valence-corrected chi connectivity index (χ0v) is 24.8. The second kappa shape index (κ2) is 9.60. The second-order valence-electron chi connectivity index (χ2n) is 11.6. The van der Waals surface area contributed by atoms with Crippen LogP contribution in [0.15, 0.2) is 70.4 Å². The molecule has 220 valence electrons. The number of amides is 1. The minimum Gasteiger partial charge on any atom is -0.493 e. The summed E-state index contributed by atoms with van der Waals surface area (Å²) in [5.74, 6) is 0.924. The van der Waals surface area contributed by atoms with E-state index in [4.69, 9.17) is 25.5 Å². The summed E-state index contributed by atoms with van der Waals surface area (Å²) in [4.78, 5) is 15.1. The van der Waals surface area contributed by atoms with Crippen molar-refractivity contribution in [2.45, 2.75) is 59.8 Å². The fraction of sp³-hybridized carbons (Fsp3) is 0.387. The van der Waals surface area contributed by atoms with E-state index in [1.54, 1.807) is 55.9 Å². The molecule has 3 aromatic rings. The molecule has 3 heterocycles. The predicted molar refractivity (Wildman–Crippen MR) is 155 cm³/mol. The van der Waals surface area contributed by atoms with Crippen molar-refractivity contribution in [3.8, 4) is 11.5 Å². The van der Waals surface area contributed by atoms with E-state index < -0.39 is 33.2 Å². The highest BCUT2D eigenvalue weighted by Gasteiger charge is 2.74. The number of hydrogen-bond donors (Lipinski definition) is 1. The predicted octanol–water partition coefficient (Wildman–Crippen LogP) is 4.03. The fourth-order valence-electron chi connectivity index (χ4n) is 7.90. The molecule has 1 N–H and O–H groups in total. The molecule has 2 fully saturated rings. The third-order valence-electron chi connectivity index (χ3n) is 9.80. The summed E-state index contributed by atoms with van der Waals surface area (Å²) >= 11 is 6.17. The van der Waals surface area contributed by atoms with Crippen LogP contribution in [-0.4, -0.2) is 73.1 Å². The fourth-order valence-corrected chi connectivity index (χ4v) is 9.86. The first kappa shape index (κ1) is 27.5. The van der Waals surface area contributed by atoms with E-state index in [1.165, 1.54) is 22.5 Å². The number of ether oxygens (including phenoxy) is 2. The lowest BCUT2D eigenvalue weighted by molar-refractivity contribution is -0.186. The molecular formula is C31H31ClN2O7S. The van der Waals surface area contributed by atoms with Gasteiger partial charge in [0.05, 0.1) is 47.6 Å². The van der Waals surface area contributed by atoms with Crippen LogP contribution in [0.4, 0.5) is 0 Å². The third-order valence-corrected chi connectivity index (χ3v) is 11.9. The summed E-state index contributed by atoms with van der Waals surface area (Å²) in [5.41, 5.74) is 0.212. The summed E-state index contributed by atoms with van der Waals surface area (Å²) in [6.07, 6.45) is 7.07. The van der Waals surface area contributed by atoms with Gasteiger partial charge in [0.1, 0.15) is 6.10 Å². The van der Waals surface area contributed by atoms with Gasteiger partial charge >= 0.3 is 0 Å². The number of carbonyl (C=O) groups is 1. The number of nitrogens with zero attached hydrogens (tertiary/aromatic N) is 2. The Labute approximate surface area is 249 Å². The minimum atomic E-state index is -3.97. The molecule has 2 aliphatic carbocycles. The summed E-state index contributed by atoms with van der Waals surface area (Å²) < 4.78 is 47.0. The first-order valence-electron chi connectivity index (χ1n) is 14.0. The Balaban J connectivity index is 1.32. The number of methoxy groups -OCH3 is 1. The van der Waals surface area contributed by atoms with Gasteiger partial charge in [-0.2, -0.15) is 4.31 Å². The molecule has 2 aliphatic heterocycles. The van der Waals surface area contributed by atoms with E-state index in [2.05, 4.69) is 0 Å². The lowest BCUT2D eigenvalue weighted by Gasteiger charge is -2.64. The van der Waals surface area contributed by atoms with Crippen LogP contribution in [-0.2, 0) is 26.7 Å². The van der Waals surface area contributed by atoms with Crippen LogP contribution in [0.3, 0.4) is 0 Å². The number of hydrogen-bond acceptors (Lipinski definition) is 7. The number of rotatable bonds is 6. The maximum Gasteiger partial charge on any atom is 0.246 e. The lowest BCUT2D eigenvalue weighted by Crippen LogP contribution is -2.78. The largest absolute Gasteiger partial charge is 0.493 e. The number of benzene rings is 2. The van der Waals surface area contributed by atoms with Gasteiger partial charge in [-0.25, -0.2) is 8.42 Å². The standard InChI is InChI=1S/C31H31ClN2O7S/c1-33(26(35)9-6-19-11-15-40-18-19)23-10-12-31(36)25-16-20-7-8-24(39-2)28-27(20)30(31,29(23)41-28)13-14-34(25)42(37,38)22-5-3-4-21(32)17-22/h3-9,11,15,17-18,23,25,29,36H,10,12-14,16H2,1-2H3/b9-6-/t23-,25-,29+,30+,31-/m1/s1. The van der Waals surface area contributed by atoms with Gasteiger partial charge in [0.2, 0.25) is 15.9 Å². The molecule has 1 amide bonds. The van der Waals surface area contributed by atoms with Crippen LogP contribution in [0.2, 0.25) is 5.02 Å². The van der Waals surface area contributed by atoms with E-state index in [1.807, 2.05) is 12.1 Å². The molecular weight excluding hydrogens is 580 g/mol. The van der Waals surface area contributed by atoms with Crippen LogP contribution in [0, 0.1) is 0 Å². The molecule has 0 radical (unpaired) electrons. The average Bonchev–Trinajstić information content (AvgIpc) is 3.61. The molecule has 1 spiro atoms. The molecule has 5 atom stereocenters. The van der Waals surface area contributed by atoms with Crippen LogP contribution >= 0.6 is 11.6 Å². The van der Waals surface area contributed by atoms with Crippen molar-refractivity contribution in [2.75, 3.05) is 20.7 Å². The minimum absolute atomic E-state index is 0.0958. The smallest absolute Gasteiger partial charge is 0.246 e. The van der Waals surface area contributed by atoms with Crippen molar-refractivity contribution in [3.63, 3.8) is 0 Å². The van der Waals surface area contributed by atoms with Gasteiger partial charge in [0.25, 0.3) is 0 Å². The van der Waals surface area contributed by atoms with Gasteiger partial charge in [0.15, 0.2) is 11.5 Å². The number of halogens is 1. The average molecular weight is 611 g/mol. The molecule has 7 rings (SSSR count). The molecule has 9 nitrogen and oxygen atoms in total. The molecule has 4 aliphatic rings. The SMILES string of the molecule is COc1ccc2c3c1O[C@H]1[C@H](N(C)C(=O)/C=C\c4ccoc4)CC[C@@]4(O)[C@@H](C2)N(S(=O)(=O)c2cccc(Cl)c2)CC[C@]314. The monoisotopic (exact) mass is 610 g/mol. The third kappa shape index (κ3) is 3.68. The number of furan rings is 1. The molecule has 1 saturated heterocycles. The molecule has 0 unspecified atom stereocenters. The number of sulfonamides is 1. The van der Waals surface area contributed by atoms with Crippen LogP contribution in [0.1, 0.15) is 36.0 Å². The molecule has 2 bridgehead atoms. The van der Waals surface area contributed by atoms with Gasteiger partial charge in [-0.15, -0.1) is 0 Å². The van der Waals surface area contributed by atoms with E-state index >= 15 is 0 Å². The van der Waals surface area contributed by atoms with Crippen LogP contribution < -0.4 is 9.47 Å². The van der Waals surface area contributed by atoms with E-state index in [-0.39, 0.29) is 23.4 Å². The number of aliphatic hydroxyl groups is 1. The van der Waals surface area contributed by atoms with Crippen molar-refractivity contribution in [1.29, 1.82) is 0 Å². The maximum absolute atomic E-state index is 14.0. The van der Waals surface area contributed by atoms with Crippen molar-refractivity contribution in [1.82, 2.24) is 9.21 Å². The highest BCUT2D eigenvalue weighted by Crippen LogP contribution is 2.66. The number of carbonyl (C=O) groups excluding carboxylic acids is 1. The zero-order chi connectivity index (χ0) is 29.4. The Morgan fingerprint density at radius 1 is 1.24 bits per heavy atom. The highest BCUT2D eigenvalue weighted by atomic mass is 35.5. The molecule has 11 heteroatoms. The van der Waals surface area contributed by atoms with E-state index in [0.29, 0.717) is 42.2 Å². The lowest BCUT2D eigenvalue weighted by atomic mass is 9.48. The molecule has 1 saturated carbocycles. The number of piperidine rings is 1. The first-order valence-corrected chi connectivity index (χ1v) is 15.8. The summed E-state index contributed by atoms with van der Waals surface area (Å²) in [6, 6.07) is 10.7. The van der Waals surface area contributed by atoms with Gasteiger partial charge in [0, 0.05) is 35.8 Å². The van der Waals surface area contributed by atoms with Gasteiger partial charge in [-0.1, -0.05) is 23.7 Å². The van der Waals surface area contributed by atoms with E-state index in [0.717, 1.165) is 16.7 Å². The summed E-state index contributed by atoms with van der Waals surface area (Å²) in [7, 11) is -0.650. The van der Waals surface area contributed by atoms with Crippen molar-refractivity contribution < 1.29 is 32.2 Å². The van der Waals surface area contributed by atoms with Crippen LogP contribution in [0.25, 0.3) is 6.08 Å². The Hall–Kier alpha value is -3.31. The van der Waals surface area contributed by atoms with Gasteiger partial charge in [-0.05, 0) is 67.7 Å². The Bertz CT molecular complexity index is 1710. The Morgan fingerprint density at radius 3 is 2.81 bits per heavy atom. The molecule has 42 heavy (non-hydrogen) atoms. The van der Waals surface area contributed by atoms with Crippen molar-refractivity contribution >= 4 is 33.6 Å².